The molecule has 1 amide bonds. The minimum absolute atomic E-state index is 0.00772. The Kier molecular flexibility index (Phi) is 6.48. The number of nitrogens with one attached hydrogen (secondary N) is 1. The predicted molar refractivity (Wildman–Crippen MR) is 93.7 cm³/mol. The van der Waals surface area contributed by atoms with Crippen molar-refractivity contribution in [1.82, 2.24) is 5.32 Å². The third kappa shape index (κ3) is 5.95. The van der Waals surface area contributed by atoms with E-state index in [1.807, 2.05) is 30.3 Å². The monoisotopic (exact) mass is 331 g/mol. The summed E-state index contributed by atoms with van der Waals surface area (Å²) in [6.07, 6.45) is 0.882. The summed E-state index contributed by atoms with van der Waals surface area (Å²) >= 11 is 5.90. The SMILES string of the molecule is CC(C)C[C@@H](NC(=O)COc1cccc(Cl)c1)c1ccccc1. The van der Waals surface area contributed by atoms with Crippen LogP contribution in [-0.4, -0.2) is 12.5 Å². The average molecular weight is 332 g/mol. The Hall–Kier alpha value is -2.00. The minimum atomic E-state index is -0.139. The fourth-order valence-corrected chi connectivity index (χ4v) is 2.56. The van der Waals surface area contributed by atoms with Crippen molar-refractivity contribution in [2.24, 2.45) is 5.92 Å². The minimum Gasteiger partial charge on any atom is -0.484 e. The van der Waals surface area contributed by atoms with E-state index in [9.17, 15) is 4.79 Å². The van der Waals surface area contributed by atoms with Crippen molar-refractivity contribution in [3.8, 4) is 5.75 Å². The smallest absolute Gasteiger partial charge is 0.258 e. The predicted octanol–water partition coefficient (Wildman–Crippen LogP) is 4.62. The van der Waals surface area contributed by atoms with Crippen molar-refractivity contribution in [2.45, 2.75) is 26.3 Å². The molecule has 0 aliphatic carbocycles. The van der Waals surface area contributed by atoms with Crippen LogP contribution in [0.4, 0.5) is 0 Å². The molecule has 0 aromatic heterocycles. The number of benzene rings is 2. The van der Waals surface area contributed by atoms with Crippen LogP contribution in [0.5, 0.6) is 5.75 Å². The zero-order chi connectivity index (χ0) is 16.7. The van der Waals surface area contributed by atoms with Gasteiger partial charge in [-0.05, 0) is 36.1 Å². The first-order valence-electron chi connectivity index (χ1n) is 7.77. The van der Waals surface area contributed by atoms with E-state index in [2.05, 4.69) is 19.2 Å². The van der Waals surface area contributed by atoms with Crippen LogP contribution in [0.25, 0.3) is 0 Å². The summed E-state index contributed by atoms with van der Waals surface area (Å²) in [4.78, 5) is 12.2. The van der Waals surface area contributed by atoms with Gasteiger partial charge in [0.1, 0.15) is 5.75 Å². The molecule has 0 heterocycles. The van der Waals surface area contributed by atoms with Crippen molar-refractivity contribution >= 4 is 17.5 Å². The first-order chi connectivity index (χ1) is 11.0. The van der Waals surface area contributed by atoms with Gasteiger partial charge in [0.25, 0.3) is 5.91 Å². The van der Waals surface area contributed by atoms with Crippen molar-refractivity contribution in [3.63, 3.8) is 0 Å². The van der Waals surface area contributed by atoms with E-state index in [0.717, 1.165) is 12.0 Å². The van der Waals surface area contributed by atoms with Crippen molar-refractivity contribution in [2.75, 3.05) is 6.61 Å². The van der Waals surface area contributed by atoms with Gasteiger partial charge in [0.2, 0.25) is 0 Å². The number of carbonyl (C=O) groups excluding carboxylic acids is 1. The summed E-state index contributed by atoms with van der Waals surface area (Å²) in [5.74, 6) is 0.932. The Morgan fingerprint density at radius 2 is 1.87 bits per heavy atom. The Balaban J connectivity index is 1.95. The zero-order valence-corrected chi connectivity index (χ0v) is 14.2. The van der Waals surface area contributed by atoms with E-state index >= 15 is 0 Å². The van der Waals surface area contributed by atoms with Gasteiger partial charge in [-0.1, -0.05) is 61.8 Å². The van der Waals surface area contributed by atoms with Gasteiger partial charge in [-0.3, -0.25) is 4.79 Å². The molecule has 0 radical (unpaired) electrons. The summed E-state index contributed by atoms with van der Waals surface area (Å²) in [5, 5.41) is 3.64. The largest absolute Gasteiger partial charge is 0.484 e. The van der Waals surface area contributed by atoms with Crippen LogP contribution >= 0.6 is 11.6 Å². The van der Waals surface area contributed by atoms with E-state index in [1.165, 1.54) is 0 Å². The van der Waals surface area contributed by atoms with E-state index in [1.54, 1.807) is 24.3 Å². The molecule has 122 valence electrons. The molecule has 4 heteroatoms. The van der Waals surface area contributed by atoms with Crippen LogP contribution in [0.1, 0.15) is 31.9 Å². The first-order valence-corrected chi connectivity index (χ1v) is 8.15. The lowest BCUT2D eigenvalue weighted by Gasteiger charge is -2.21. The van der Waals surface area contributed by atoms with Crippen LogP contribution < -0.4 is 10.1 Å². The Labute approximate surface area is 142 Å². The van der Waals surface area contributed by atoms with Crippen molar-refractivity contribution < 1.29 is 9.53 Å². The molecule has 2 rings (SSSR count). The average Bonchev–Trinajstić information content (AvgIpc) is 2.53. The van der Waals surface area contributed by atoms with Gasteiger partial charge in [0, 0.05) is 5.02 Å². The molecule has 1 N–H and O–H groups in total. The maximum atomic E-state index is 12.2. The second kappa shape index (κ2) is 8.59. The summed E-state index contributed by atoms with van der Waals surface area (Å²) in [7, 11) is 0. The van der Waals surface area contributed by atoms with E-state index in [-0.39, 0.29) is 18.6 Å². The Morgan fingerprint density at radius 3 is 2.52 bits per heavy atom. The number of carbonyl (C=O) groups is 1. The summed E-state index contributed by atoms with van der Waals surface area (Å²) in [6.45, 7) is 4.26. The van der Waals surface area contributed by atoms with Crippen LogP contribution in [-0.2, 0) is 4.79 Å². The van der Waals surface area contributed by atoms with Crippen LogP contribution in [0.2, 0.25) is 5.02 Å². The first kappa shape index (κ1) is 17.4. The van der Waals surface area contributed by atoms with Gasteiger partial charge in [-0.15, -0.1) is 0 Å². The molecule has 0 spiro atoms. The van der Waals surface area contributed by atoms with Crippen molar-refractivity contribution in [1.29, 1.82) is 0 Å². The van der Waals surface area contributed by atoms with Gasteiger partial charge in [0.15, 0.2) is 6.61 Å². The van der Waals surface area contributed by atoms with E-state index in [0.29, 0.717) is 16.7 Å². The standard InChI is InChI=1S/C19H22ClNO2/c1-14(2)11-18(15-7-4-3-5-8-15)21-19(22)13-23-17-10-6-9-16(20)12-17/h3-10,12,14,18H,11,13H2,1-2H3,(H,21,22)/t18-/m1/s1. The van der Waals surface area contributed by atoms with Gasteiger partial charge < -0.3 is 10.1 Å². The van der Waals surface area contributed by atoms with Crippen LogP contribution in [0.15, 0.2) is 54.6 Å². The molecule has 2 aromatic rings. The molecule has 0 saturated carbocycles. The molecule has 23 heavy (non-hydrogen) atoms. The molecule has 0 aliphatic heterocycles. The lowest BCUT2D eigenvalue weighted by molar-refractivity contribution is -0.124. The highest BCUT2D eigenvalue weighted by Gasteiger charge is 2.16. The fraction of sp³-hybridized carbons (Fsp3) is 0.316. The second-order valence-corrected chi connectivity index (χ2v) is 6.34. The molecule has 3 nitrogen and oxygen atoms in total. The Bertz CT molecular complexity index is 628. The maximum Gasteiger partial charge on any atom is 0.258 e. The molecule has 2 aromatic carbocycles. The molecular weight excluding hydrogens is 310 g/mol. The number of hydrogen-bond acceptors (Lipinski definition) is 2. The molecule has 1 atom stereocenters. The number of rotatable bonds is 7. The lowest BCUT2D eigenvalue weighted by atomic mass is 9.97. The molecule has 0 fully saturated rings. The lowest BCUT2D eigenvalue weighted by Crippen LogP contribution is -2.33. The summed E-state index contributed by atoms with van der Waals surface area (Å²) in [6, 6.07) is 17.0. The molecule has 0 bridgehead atoms. The van der Waals surface area contributed by atoms with Crippen LogP contribution in [0.3, 0.4) is 0 Å². The number of halogens is 1. The highest BCUT2D eigenvalue weighted by Crippen LogP contribution is 2.21. The molecular formula is C19H22ClNO2. The number of ether oxygens (including phenoxy) is 1. The van der Waals surface area contributed by atoms with Gasteiger partial charge in [0.05, 0.1) is 6.04 Å². The second-order valence-electron chi connectivity index (χ2n) is 5.91. The maximum absolute atomic E-state index is 12.2. The third-order valence-electron chi connectivity index (χ3n) is 3.41. The third-order valence-corrected chi connectivity index (χ3v) is 3.65. The summed E-state index contributed by atoms with van der Waals surface area (Å²) in [5.41, 5.74) is 1.11. The molecule has 0 saturated heterocycles. The topological polar surface area (TPSA) is 38.3 Å². The van der Waals surface area contributed by atoms with Gasteiger partial charge >= 0.3 is 0 Å². The van der Waals surface area contributed by atoms with E-state index < -0.39 is 0 Å². The zero-order valence-electron chi connectivity index (χ0n) is 13.5. The molecule has 0 aliphatic rings. The van der Waals surface area contributed by atoms with Crippen molar-refractivity contribution in [3.05, 3.63) is 65.2 Å². The number of hydrogen-bond donors (Lipinski definition) is 1. The van der Waals surface area contributed by atoms with Gasteiger partial charge in [-0.25, -0.2) is 0 Å². The van der Waals surface area contributed by atoms with Crippen LogP contribution in [0, 0.1) is 5.92 Å². The highest BCUT2D eigenvalue weighted by atomic mass is 35.5. The van der Waals surface area contributed by atoms with E-state index in [4.69, 9.17) is 16.3 Å². The fourth-order valence-electron chi connectivity index (χ4n) is 2.38. The highest BCUT2D eigenvalue weighted by molar-refractivity contribution is 6.30. The Morgan fingerprint density at radius 1 is 1.13 bits per heavy atom. The number of amides is 1. The molecule has 0 unspecified atom stereocenters. The quantitative estimate of drug-likeness (QED) is 0.803. The summed E-state index contributed by atoms with van der Waals surface area (Å²) < 4.78 is 5.49. The normalized spacial score (nSPS) is 12.0. The van der Waals surface area contributed by atoms with Gasteiger partial charge in [-0.2, -0.15) is 0 Å².